The molecule has 1 unspecified atom stereocenters. The molecule has 2 heterocycles. The first-order chi connectivity index (χ1) is 17.5. The quantitative estimate of drug-likeness (QED) is 0.314. The van der Waals surface area contributed by atoms with Gasteiger partial charge in [-0.3, -0.25) is 0 Å². The Balaban J connectivity index is 1.93. The summed E-state index contributed by atoms with van der Waals surface area (Å²) in [6.45, 7) is 13.8. The van der Waals surface area contributed by atoms with Crippen molar-refractivity contribution in [1.29, 1.82) is 5.26 Å². The van der Waals surface area contributed by atoms with Crippen molar-refractivity contribution in [2.75, 3.05) is 6.54 Å². The minimum Gasteiger partial charge on any atom is -0.454 e. The number of hydrogen-bond acceptors (Lipinski definition) is 4. The topological polar surface area (TPSA) is 76.3 Å². The number of alkyl carbamates (subject to hydrolysis) is 1. The van der Waals surface area contributed by atoms with E-state index in [-0.39, 0.29) is 23.5 Å². The zero-order valence-corrected chi connectivity index (χ0v) is 23.1. The number of nitriles is 1. The van der Waals surface area contributed by atoms with Gasteiger partial charge in [-0.15, -0.1) is 0 Å². The van der Waals surface area contributed by atoms with Gasteiger partial charge in [-0.05, 0) is 41.0 Å². The molecule has 1 saturated heterocycles. The average molecular weight is 526 g/mol. The van der Waals surface area contributed by atoms with Crippen molar-refractivity contribution in [2.45, 2.75) is 70.7 Å². The first kappa shape index (κ1) is 26.7. The second-order valence-electron chi connectivity index (χ2n) is 10.6. The molecular weight excluding hydrogens is 492 g/mol. The van der Waals surface area contributed by atoms with E-state index in [9.17, 15) is 14.4 Å². The van der Waals surface area contributed by atoms with Crippen molar-refractivity contribution in [3.05, 3.63) is 59.3 Å². The van der Waals surface area contributed by atoms with Gasteiger partial charge in [0.25, 0.3) is 0 Å². The number of carbonyl (C=O) groups is 1. The van der Waals surface area contributed by atoms with Crippen LogP contribution in [0, 0.1) is 23.0 Å². The van der Waals surface area contributed by atoms with Crippen LogP contribution in [-0.2, 0) is 11.2 Å². The van der Waals surface area contributed by atoms with E-state index in [0.29, 0.717) is 28.7 Å². The maximum atomic E-state index is 15.9. The Labute approximate surface area is 217 Å². The molecule has 196 valence electrons. The van der Waals surface area contributed by atoms with Gasteiger partial charge in [-0.2, -0.15) is 5.26 Å². The lowest BCUT2D eigenvalue weighted by molar-refractivity contribution is 0.140. The molecule has 1 fully saturated rings. The minimum atomic E-state index is -2.19. The number of halogens is 2. The predicted octanol–water partition coefficient (Wildman–Crippen LogP) is 7.26. The van der Waals surface area contributed by atoms with Crippen LogP contribution in [0.2, 0.25) is 16.6 Å². The largest absolute Gasteiger partial charge is 0.454 e. The first-order valence-corrected chi connectivity index (χ1v) is 14.8. The Morgan fingerprint density at radius 3 is 2.35 bits per heavy atom. The lowest BCUT2D eigenvalue weighted by atomic mass is 10.0. The van der Waals surface area contributed by atoms with E-state index in [1.165, 1.54) is 18.2 Å². The van der Waals surface area contributed by atoms with E-state index in [1.54, 1.807) is 6.07 Å². The number of nitrogens with one attached hydrogen (secondary N) is 1. The molecule has 1 aliphatic heterocycles. The van der Waals surface area contributed by atoms with Gasteiger partial charge in [0.1, 0.15) is 23.7 Å². The van der Waals surface area contributed by atoms with E-state index >= 15 is 4.39 Å². The van der Waals surface area contributed by atoms with Gasteiger partial charge in [-0.1, -0.05) is 41.5 Å². The number of ether oxygens (including phenoxy) is 2. The number of rotatable bonds is 8. The third-order valence-electron chi connectivity index (χ3n) is 7.65. The first-order valence-electron chi connectivity index (χ1n) is 12.7. The van der Waals surface area contributed by atoms with Crippen LogP contribution >= 0.6 is 0 Å². The molecule has 37 heavy (non-hydrogen) atoms. The van der Waals surface area contributed by atoms with Crippen LogP contribution in [0.4, 0.5) is 13.6 Å². The third kappa shape index (κ3) is 4.59. The number of hydrogen-bond donors (Lipinski definition) is 1. The van der Waals surface area contributed by atoms with Crippen LogP contribution in [0.5, 0.6) is 11.5 Å². The Hall–Kier alpha value is -3.38. The van der Waals surface area contributed by atoms with Crippen molar-refractivity contribution < 1.29 is 23.0 Å². The van der Waals surface area contributed by atoms with Gasteiger partial charge in [0.2, 0.25) is 0 Å². The zero-order valence-electron chi connectivity index (χ0n) is 22.1. The second-order valence-corrected chi connectivity index (χ2v) is 16.3. The number of carbonyl (C=O) groups excluding carboxylic acids is 1. The maximum absolute atomic E-state index is 15.9. The summed E-state index contributed by atoms with van der Waals surface area (Å²) < 4.78 is 43.5. The van der Waals surface area contributed by atoms with Crippen molar-refractivity contribution >= 4 is 25.2 Å². The Morgan fingerprint density at radius 2 is 1.78 bits per heavy atom. The fourth-order valence-electron chi connectivity index (χ4n) is 6.33. The SMILES string of the molecule is CC(C)[Si](C(C)C)(C(C)C)n1ccc2c(CC3CNC(=O)O3)c(Oc3ccc(F)c(C#N)c3)c(F)cc21. The summed E-state index contributed by atoms with van der Waals surface area (Å²) in [5.74, 6) is -1.12. The molecule has 1 aromatic heterocycles. The van der Waals surface area contributed by atoms with Crippen molar-refractivity contribution in [2.24, 2.45) is 0 Å². The number of benzene rings is 2. The number of aromatic nitrogens is 1. The van der Waals surface area contributed by atoms with Crippen LogP contribution in [0.25, 0.3) is 10.9 Å². The monoisotopic (exact) mass is 525 g/mol. The molecule has 1 N–H and O–H groups in total. The normalized spacial score (nSPS) is 15.9. The average Bonchev–Trinajstić information content (AvgIpc) is 3.43. The minimum absolute atomic E-state index is 0.0189. The van der Waals surface area contributed by atoms with Gasteiger partial charge in [0.05, 0.1) is 12.1 Å². The van der Waals surface area contributed by atoms with Crippen LogP contribution in [0.15, 0.2) is 36.5 Å². The zero-order chi connectivity index (χ0) is 27.1. The molecule has 1 aliphatic rings. The molecule has 0 spiro atoms. The maximum Gasteiger partial charge on any atom is 0.407 e. The lowest BCUT2D eigenvalue weighted by Crippen LogP contribution is -2.51. The van der Waals surface area contributed by atoms with E-state index in [1.807, 2.05) is 6.07 Å². The van der Waals surface area contributed by atoms with Gasteiger partial charge >= 0.3 is 6.09 Å². The highest BCUT2D eigenvalue weighted by molar-refractivity contribution is 6.82. The van der Waals surface area contributed by atoms with Crippen molar-refractivity contribution in [3.8, 4) is 17.6 Å². The highest BCUT2D eigenvalue weighted by atomic mass is 28.3. The van der Waals surface area contributed by atoms with Crippen LogP contribution in [0.3, 0.4) is 0 Å². The summed E-state index contributed by atoms with van der Waals surface area (Å²) in [5.41, 5.74) is 2.36. The van der Waals surface area contributed by atoms with Gasteiger partial charge < -0.3 is 19.0 Å². The fraction of sp³-hybridized carbons (Fsp3) is 0.429. The molecule has 0 saturated carbocycles. The second kappa shape index (κ2) is 10.2. The van der Waals surface area contributed by atoms with Crippen LogP contribution in [-0.4, -0.2) is 31.2 Å². The third-order valence-corrected chi connectivity index (χ3v) is 14.4. The molecule has 0 aliphatic carbocycles. The fourth-order valence-corrected chi connectivity index (χ4v) is 12.9. The molecule has 0 radical (unpaired) electrons. The molecule has 2 aromatic carbocycles. The molecule has 6 nitrogen and oxygen atoms in total. The Morgan fingerprint density at radius 1 is 1.11 bits per heavy atom. The lowest BCUT2D eigenvalue weighted by Gasteiger charge is -2.44. The summed E-state index contributed by atoms with van der Waals surface area (Å²) >= 11 is 0. The smallest absolute Gasteiger partial charge is 0.407 e. The van der Waals surface area contributed by atoms with E-state index in [2.05, 4.69) is 57.3 Å². The van der Waals surface area contributed by atoms with Crippen molar-refractivity contribution in [1.82, 2.24) is 9.55 Å². The van der Waals surface area contributed by atoms with Gasteiger partial charge in [0, 0.05) is 35.0 Å². The highest BCUT2D eigenvalue weighted by Gasteiger charge is 2.46. The van der Waals surface area contributed by atoms with Gasteiger partial charge in [-0.25, -0.2) is 13.6 Å². The molecule has 9 heteroatoms. The standard InChI is InChI=1S/C28H33F2N3O3Si/c1-16(2)37(17(3)4,18(5)6)33-10-9-22-23(12-21-15-32-28(34)36-21)27(25(30)13-26(22)33)35-20-7-8-24(29)19(11-20)14-31/h7-11,13,16-18,21H,12,15H2,1-6H3,(H,32,34). The van der Waals surface area contributed by atoms with Gasteiger partial charge in [0.15, 0.2) is 19.8 Å². The van der Waals surface area contributed by atoms with Crippen molar-refractivity contribution in [3.63, 3.8) is 0 Å². The number of amides is 1. The molecule has 4 rings (SSSR count). The number of fused-ring (bicyclic) bond motifs is 1. The molecular formula is C28H33F2N3O3Si. The Kier molecular flexibility index (Phi) is 7.33. The predicted molar refractivity (Wildman–Crippen MR) is 142 cm³/mol. The van der Waals surface area contributed by atoms with Crippen LogP contribution in [0.1, 0.15) is 52.7 Å². The summed E-state index contributed by atoms with van der Waals surface area (Å²) in [7, 11) is -2.19. The molecule has 3 aromatic rings. The summed E-state index contributed by atoms with van der Waals surface area (Å²) in [6.07, 6.45) is 1.29. The molecule has 1 amide bonds. The van der Waals surface area contributed by atoms with E-state index in [0.717, 1.165) is 17.0 Å². The highest BCUT2D eigenvalue weighted by Crippen LogP contribution is 2.46. The van der Waals surface area contributed by atoms with Crippen LogP contribution < -0.4 is 10.1 Å². The number of cyclic esters (lactones) is 1. The number of nitrogens with zero attached hydrogens (tertiary/aromatic N) is 2. The van der Waals surface area contributed by atoms with E-state index in [4.69, 9.17) is 9.47 Å². The summed E-state index contributed by atoms with van der Waals surface area (Å²) in [6, 6.07) is 9.01. The molecule has 0 bridgehead atoms. The van der Waals surface area contributed by atoms with E-state index < -0.39 is 32.1 Å². The summed E-state index contributed by atoms with van der Waals surface area (Å²) in [4.78, 5) is 11.7. The Bertz CT molecular complexity index is 1360. The molecule has 1 atom stereocenters. The summed E-state index contributed by atoms with van der Waals surface area (Å²) in [5, 5.41) is 12.7.